The van der Waals surface area contributed by atoms with Crippen LogP contribution < -0.4 is 0 Å². The first-order chi connectivity index (χ1) is 14.4. The van der Waals surface area contributed by atoms with Gasteiger partial charge in [0.25, 0.3) is 5.91 Å². The van der Waals surface area contributed by atoms with Crippen molar-refractivity contribution < 1.29 is 9.53 Å². The van der Waals surface area contributed by atoms with Gasteiger partial charge in [-0.15, -0.1) is 11.3 Å². The van der Waals surface area contributed by atoms with Gasteiger partial charge in [0.2, 0.25) is 0 Å². The van der Waals surface area contributed by atoms with Gasteiger partial charge in [-0.3, -0.25) is 9.69 Å². The molecule has 3 aliphatic rings. The van der Waals surface area contributed by atoms with Gasteiger partial charge < -0.3 is 9.64 Å². The van der Waals surface area contributed by atoms with Gasteiger partial charge in [-0.25, -0.2) is 9.97 Å². The molecule has 1 aliphatic carbocycles. The number of nitrogens with zero attached hydrogens (tertiary/aromatic N) is 4. The van der Waals surface area contributed by atoms with E-state index in [0.717, 1.165) is 71.2 Å². The maximum atomic E-state index is 13.6. The second-order valence-electron chi connectivity index (χ2n) is 9.45. The van der Waals surface area contributed by atoms with E-state index in [1.165, 1.54) is 12.8 Å². The lowest BCUT2D eigenvalue weighted by atomic mass is 10.1. The summed E-state index contributed by atoms with van der Waals surface area (Å²) in [6.07, 6.45) is 5.06. The van der Waals surface area contributed by atoms with E-state index in [-0.39, 0.29) is 24.2 Å². The van der Waals surface area contributed by atoms with Crippen molar-refractivity contribution in [3.05, 3.63) is 22.0 Å². The molecule has 0 radical (unpaired) electrons. The Morgan fingerprint density at radius 2 is 1.87 bits per heavy atom. The molecule has 0 aromatic carbocycles. The standard InChI is InChI=1S/C23H32N4O2S/c1-13-10-26(11-14(2)29-13)12-18-6-5-9-27(18)23(28)20-15(3)19-16(4)24-21(17-7-8-17)25-22(19)30-20/h13-14,17-18H,5-12H2,1-4H3. The van der Waals surface area contributed by atoms with Crippen LogP contribution in [0.3, 0.4) is 0 Å². The van der Waals surface area contributed by atoms with Crippen LogP contribution in [0.1, 0.15) is 72.2 Å². The Morgan fingerprint density at radius 1 is 1.13 bits per heavy atom. The first-order valence-corrected chi connectivity index (χ1v) is 12.2. The number of carbonyl (C=O) groups is 1. The Kier molecular flexibility index (Phi) is 5.32. The topological polar surface area (TPSA) is 58.6 Å². The molecule has 2 aromatic rings. The highest BCUT2D eigenvalue weighted by Gasteiger charge is 2.35. The maximum Gasteiger partial charge on any atom is 0.264 e. The molecule has 0 bridgehead atoms. The van der Waals surface area contributed by atoms with E-state index >= 15 is 0 Å². The number of ether oxygens (including phenoxy) is 1. The molecule has 30 heavy (non-hydrogen) atoms. The third kappa shape index (κ3) is 3.76. The molecule has 1 saturated carbocycles. The SMILES string of the molecule is Cc1nc(C2CC2)nc2sc(C(=O)N3CCCC3CN3CC(C)OC(C)C3)c(C)c12. The van der Waals surface area contributed by atoms with Crippen LogP contribution in [0.15, 0.2) is 0 Å². The molecule has 1 amide bonds. The van der Waals surface area contributed by atoms with Gasteiger partial charge in [-0.2, -0.15) is 0 Å². The molecule has 3 fully saturated rings. The molecule has 4 heterocycles. The number of fused-ring (bicyclic) bond motifs is 1. The minimum atomic E-state index is 0.180. The number of morpholine rings is 1. The zero-order chi connectivity index (χ0) is 21.0. The van der Waals surface area contributed by atoms with Gasteiger partial charge in [-0.1, -0.05) is 0 Å². The Labute approximate surface area is 182 Å². The van der Waals surface area contributed by atoms with E-state index in [0.29, 0.717) is 5.92 Å². The van der Waals surface area contributed by atoms with E-state index in [1.54, 1.807) is 11.3 Å². The minimum Gasteiger partial charge on any atom is -0.373 e. The average Bonchev–Trinajstić information content (AvgIpc) is 3.34. The van der Waals surface area contributed by atoms with Crippen molar-refractivity contribution in [3.8, 4) is 0 Å². The smallest absolute Gasteiger partial charge is 0.264 e. The van der Waals surface area contributed by atoms with Crippen molar-refractivity contribution in [1.29, 1.82) is 0 Å². The Morgan fingerprint density at radius 3 is 2.57 bits per heavy atom. The number of rotatable bonds is 4. The largest absolute Gasteiger partial charge is 0.373 e. The van der Waals surface area contributed by atoms with Crippen LogP contribution in [-0.4, -0.2) is 70.1 Å². The summed E-state index contributed by atoms with van der Waals surface area (Å²) < 4.78 is 5.88. The molecule has 3 atom stereocenters. The van der Waals surface area contributed by atoms with Crippen LogP contribution in [0.5, 0.6) is 0 Å². The lowest BCUT2D eigenvalue weighted by Gasteiger charge is -2.38. The van der Waals surface area contributed by atoms with Gasteiger partial charge in [0.15, 0.2) is 0 Å². The molecule has 0 spiro atoms. The monoisotopic (exact) mass is 428 g/mol. The van der Waals surface area contributed by atoms with Gasteiger partial charge in [0.05, 0.1) is 22.8 Å². The van der Waals surface area contributed by atoms with Gasteiger partial charge in [0.1, 0.15) is 10.7 Å². The number of likely N-dealkylation sites (tertiary alicyclic amines) is 1. The Hall–Kier alpha value is -1.57. The summed E-state index contributed by atoms with van der Waals surface area (Å²) >= 11 is 1.57. The number of carbonyl (C=O) groups excluding carboxylic acids is 1. The summed E-state index contributed by atoms with van der Waals surface area (Å²) in [7, 11) is 0. The predicted molar refractivity (Wildman–Crippen MR) is 119 cm³/mol. The second kappa shape index (κ2) is 7.84. The number of aromatic nitrogens is 2. The third-order valence-corrected chi connectivity index (χ3v) is 7.90. The number of hydrogen-bond donors (Lipinski definition) is 0. The van der Waals surface area contributed by atoms with Crippen LogP contribution in [-0.2, 0) is 4.74 Å². The molecule has 3 unspecified atom stereocenters. The lowest BCUT2D eigenvalue weighted by Crippen LogP contribution is -2.50. The highest BCUT2D eigenvalue weighted by atomic mass is 32.1. The van der Waals surface area contributed by atoms with Crippen LogP contribution in [0, 0.1) is 13.8 Å². The van der Waals surface area contributed by atoms with E-state index in [1.807, 2.05) is 0 Å². The molecule has 0 N–H and O–H groups in total. The van der Waals surface area contributed by atoms with Gasteiger partial charge >= 0.3 is 0 Å². The van der Waals surface area contributed by atoms with E-state index in [9.17, 15) is 4.79 Å². The van der Waals surface area contributed by atoms with Crippen LogP contribution in [0.4, 0.5) is 0 Å². The molecular formula is C23H32N4O2S. The van der Waals surface area contributed by atoms with E-state index in [2.05, 4.69) is 37.5 Å². The van der Waals surface area contributed by atoms with Crippen LogP contribution in [0.25, 0.3) is 10.2 Å². The van der Waals surface area contributed by atoms with Crippen LogP contribution in [0.2, 0.25) is 0 Å². The zero-order valence-corrected chi connectivity index (χ0v) is 19.3. The first-order valence-electron chi connectivity index (χ1n) is 11.4. The van der Waals surface area contributed by atoms with Gasteiger partial charge in [-0.05, 0) is 58.9 Å². The zero-order valence-electron chi connectivity index (χ0n) is 18.5. The van der Waals surface area contributed by atoms with Crippen LogP contribution >= 0.6 is 11.3 Å². The fourth-order valence-corrected chi connectivity index (χ4v) is 6.44. The van der Waals surface area contributed by atoms with Crippen molar-refractivity contribution in [1.82, 2.24) is 19.8 Å². The fraction of sp³-hybridized carbons (Fsp3) is 0.696. The molecule has 2 aliphatic heterocycles. The Bertz CT molecular complexity index is 960. The number of thiophene rings is 1. The first kappa shape index (κ1) is 20.3. The van der Waals surface area contributed by atoms with E-state index < -0.39 is 0 Å². The fourth-order valence-electron chi connectivity index (χ4n) is 5.24. The summed E-state index contributed by atoms with van der Waals surface area (Å²) in [5.41, 5.74) is 2.07. The molecule has 2 saturated heterocycles. The summed E-state index contributed by atoms with van der Waals surface area (Å²) in [5, 5.41) is 1.08. The molecule has 7 heteroatoms. The lowest BCUT2D eigenvalue weighted by molar-refractivity contribution is -0.0715. The number of aryl methyl sites for hydroxylation is 2. The summed E-state index contributed by atoms with van der Waals surface area (Å²) in [4.78, 5) is 29.6. The van der Waals surface area contributed by atoms with Gasteiger partial charge in [0, 0.05) is 43.5 Å². The van der Waals surface area contributed by atoms with Crippen molar-refractivity contribution in [2.24, 2.45) is 0 Å². The van der Waals surface area contributed by atoms with Crippen molar-refractivity contribution in [2.75, 3.05) is 26.2 Å². The average molecular weight is 429 g/mol. The predicted octanol–water partition coefficient (Wildman–Crippen LogP) is 3.90. The molecule has 5 rings (SSSR count). The maximum absolute atomic E-state index is 13.6. The van der Waals surface area contributed by atoms with Crippen molar-refractivity contribution in [2.45, 2.75) is 77.5 Å². The summed E-state index contributed by atoms with van der Waals surface area (Å²) in [6, 6.07) is 0.286. The van der Waals surface area contributed by atoms with Crippen molar-refractivity contribution in [3.63, 3.8) is 0 Å². The normalized spacial score (nSPS) is 27.9. The Balaban J connectivity index is 1.38. The molecule has 2 aromatic heterocycles. The molecule has 162 valence electrons. The third-order valence-electron chi connectivity index (χ3n) is 6.73. The number of hydrogen-bond acceptors (Lipinski definition) is 6. The number of amides is 1. The summed E-state index contributed by atoms with van der Waals surface area (Å²) in [6.45, 7) is 12.1. The minimum absolute atomic E-state index is 0.180. The highest BCUT2D eigenvalue weighted by Crippen LogP contribution is 2.41. The molecule has 6 nitrogen and oxygen atoms in total. The summed E-state index contributed by atoms with van der Waals surface area (Å²) in [5.74, 6) is 1.67. The molecular weight excluding hydrogens is 396 g/mol. The second-order valence-corrected chi connectivity index (χ2v) is 10.4. The quantitative estimate of drug-likeness (QED) is 0.739. The highest BCUT2D eigenvalue weighted by molar-refractivity contribution is 7.20. The van der Waals surface area contributed by atoms with Crippen molar-refractivity contribution >= 4 is 27.5 Å². The van der Waals surface area contributed by atoms with E-state index in [4.69, 9.17) is 14.7 Å².